The Morgan fingerprint density at radius 2 is 1.30 bits per heavy atom. The van der Waals surface area contributed by atoms with Gasteiger partial charge in [-0.1, -0.05) is 6.58 Å². The Hall–Kier alpha value is -2.04. The van der Waals surface area contributed by atoms with Gasteiger partial charge < -0.3 is 14.2 Å². The van der Waals surface area contributed by atoms with Gasteiger partial charge in [0.1, 0.15) is 19.3 Å². The highest BCUT2D eigenvalue weighted by atomic mass is 32.3. The lowest BCUT2D eigenvalue weighted by molar-refractivity contribution is -0.140. The molecule has 0 fully saturated rings. The molecule has 0 bridgehead atoms. The van der Waals surface area contributed by atoms with Crippen LogP contribution >= 0.6 is 0 Å². The molecule has 0 aromatic rings. The SMILES string of the molecule is C=C(C)C(=O)OCCOC(=O)OC(C)CC(S(=O)(=O)C(F)(F)F)S(=O)(=O)C(F)(F)F. The van der Waals surface area contributed by atoms with Crippen molar-refractivity contribution in [3.8, 4) is 0 Å². The molecular formula is C13H16F6O9S2. The molecule has 0 heterocycles. The Balaban J connectivity index is 5.25. The maximum atomic E-state index is 12.6. The topological polar surface area (TPSA) is 130 Å². The zero-order valence-corrected chi connectivity index (χ0v) is 16.9. The van der Waals surface area contributed by atoms with Crippen molar-refractivity contribution in [3.63, 3.8) is 0 Å². The maximum Gasteiger partial charge on any atom is 0.508 e. The molecule has 17 heteroatoms. The number of hydrogen-bond donors (Lipinski definition) is 0. The third-order valence-corrected chi connectivity index (χ3v) is 7.62. The maximum absolute atomic E-state index is 12.6. The smallest absolute Gasteiger partial charge is 0.459 e. The fraction of sp³-hybridized carbons (Fsp3) is 0.692. The van der Waals surface area contributed by atoms with E-state index in [9.17, 15) is 52.8 Å². The molecule has 0 aliphatic rings. The van der Waals surface area contributed by atoms with Crippen molar-refractivity contribution in [3.05, 3.63) is 12.2 Å². The van der Waals surface area contributed by atoms with Crippen molar-refractivity contribution in [2.75, 3.05) is 13.2 Å². The fourth-order valence-corrected chi connectivity index (χ4v) is 5.25. The minimum absolute atomic E-state index is 0.00832. The first-order chi connectivity index (χ1) is 13.2. The van der Waals surface area contributed by atoms with Crippen LogP contribution in [0.5, 0.6) is 0 Å². The highest BCUT2D eigenvalue weighted by molar-refractivity contribution is 8.09. The van der Waals surface area contributed by atoms with Crippen LogP contribution in [-0.4, -0.2) is 63.9 Å². The van der Waals surface area contributed by atoms with Gasteiger partial charge in [-0.3, -0.25) is 0 Å². The van der Waals surface area contributed by atoms with Crippen LogP contribution in [0, 0.1) is 0 Å². The van der Waals surface area contributed by atoms with Gasteiger partial charge in [0.2, 0.25) is 0 Å². The Morgan fingerprint density at radius 3 is 1.67 bits per heavy atom. The van der Waals surface area contributed by atoms with E-state index in [4.69, 9.17) is 0 Å². The van der Waals surface area contributed by atoms with E-state index < -0.39 is 73.1 Å². The van der Waals surface area contributed by atoms with Crippen molar-refractivity contribution in [2.24, 2.45) is 0 Å². The summed E-state index contributed by atoms with van der Waals surface area (Å²) in [4.78, 5) is 22.4. The van der Waals surface area contributed by atoms with E-state index >= 15 is 0 Å². The molecule has 0 N–H and O–H groups in total. The van der Waals surface area contributed by atoms with Crippen LogP contribution in [0.25, 0.3) is 0 Å². The summed E-state index contributed by atoms with van der Waals surface area (Å²) in [5, 5.41) is 0. The number of alkyl halides is 6. The van der Waals surface area contributed by atoms with Gasteiger partial charge in [-0.05, 0) is 13.8 Å². The van der Waals surface area contributed by atoms with E-state index in [1.54, 1.807) is 0 Å². The van der Waals surface area contributed by atoms with Gasteiger partial charge in [-0.2, -0.15) is 26.3 Å². The molecule has 0 saturated carbocycles. The first-order valence-corrected chi connectivity index (χ1v) is 10.6. The molecule has 0 aliphatic carbocycles. The Kier molecular flexibility index (Phi) is 9.18. The minimum atomic E-state index is -6.85. The van der Waals surface area contributed by atoms with Crippen molar-refractivity contribution in [1.29, 1.82) is 0 Å². The summed E-state index contributed by atoms with van der Waals surface area (Å²) in [5.41, 5.74) is -12.7. The molecule has 0 aromatic carbocycles. The van der Waals surface area contributed by atoms with Crippen LogP contribution in [0.4, 0.5) is 31.1 Å². The van der Waals surface area contributed by atoms with E-state index in [-0.39, 0.29) is 5.57 Å². The van der Waals surface area contributed by atoms with E-state index in [0.29, 0.717) is 6.92 Å². The zero-order chi connectivity index (χ0) is 24.1. The van der Waals surface area contributed by atoms with Crippen LogP contribution in [0.1, 0.15) is 20.3 Å². The van der Waals surface area contributed by atoms with Crippen LogP contribution in [0.15, 0.2) is 12.2 Å². The second-order valence-electron chi connectivity index (χ2n) is 5.59. The average Bonchev–Trinajstić information content (AvgIpc) is 2.53. The van der Waals surface area contributed by atoms with Crippen molar-refractivity contribution < 1.29 is 67.0 Å². The van der Waals surface area contributed by atoms with Crippen molar-refractivity contribution >= 4 is 31.8 Å². The summed E-state index contributed by atoms with van der Waals surface area (Å²) in [7, 11) is -13.7. The number of ether oxygens (including phenoxy) is 3. The third kappa shape index (κ3) is 7.33. The van der Waals surface area contributed by atoms with Crippen molar-refractivity contribution in [2.45, 2.75) is 42.0 Å². The summed E-state index contributed by atoms with van der Waals surface area (Å²) >= 11 is 0. The van der Waals surface area contributed by atoms with Gasteiger partial charge in [0, 0.05) is 12.0 Å². The van der Waals surface area contributed by atoms with Crippen LogP contribution in [-0.2, 0) is 38.7 Å². The molecular weight excluding hydrogens is 478 g/mol. The van der Waals surface area contributed by atoms with Crippen LogP contribution < -0.4 is 0 Å². The third-order valence-electron chi connectivity index (χ3n) is 3.04. The molecule has 0 saturated heterocycles. The van der Waals surface area contributed by atoms with E-state index in [1.165, 1.54) is 6.92 Å². The summed E-state index contributed by atoms with van der Waals surface area (Å²) in [6.07, 6.45) is -5.64. The molecule has 176 valence electrons. The molecule has 0 aliphatic heterocycles. The predicted molar refractivity (Wildman–Crippen MR) is 86.0 cm³/mol. The zero-order valence-electron chi connectivity index (χ0n) is 15.2. The summed E-state index contributed by atoms with van der Waals surface area (Å²) in [6.45, 7) is 4.04. The number of carbonyl (C=O) groups is 2. The summed E-state index contributed by atoms with van der Waals surface area (Å²) < 4.78 is 130. The first-order valence-electron chi connectivity index (χ1n) is 7.51. The largest absolute Gasteiger partial charge is 0.508 e. The quantitative estimate of drug-likeness (QED) is 0.205. The molecule has 0 spiro atoms. The number of halogens is 6. The molecule has 0 rings (SSSR count). The predicted octanol–water partition coefficient (Wildman–Crippen LogP) is 2.23. The molecule has 9 nitrogen and oxygen atoms in total. The number of esters is 1. The fourth-order valence-electron chi connectivity index (χ4n) is 1.62. The van der Waals surface area contributed by atoms with Gasteiger partial charge in [-0.25, -0.2) is 26.4 Å². The Labute approximate surface area is 166 Å². The standard InChI is InChI=1S/C13H16F6O9S2/c1-7(2)10(20)26-4-5-27-11(21)28-8(3)6-9(29(22,23)12(14,15)16)30(24,25)13(17,18)19/h8-9H,1,4-6H2,2-3H3. The lowest BCUT2D eigenvalue weighted by Gasteiger charge is -2.23. The molecule has 0 aromatic heterocycles. The molecule has 1 unspecified atom stereocenters. The number of carbonyl (C=O) groups excluding carboxylic acids is 2. The number of sulfone groups is 2. The number of hydrogen-bond acceptors (Lipinski definition) is 9. The van der Waals surface area contributed by atoms with Crippen LogP contribution in [0.3, 0.4) is 0 Å². The second-order valence-corrected chi connectivity index (χ2v) is 10.1. The van der Waals surface area contributed by atoms with Gasteiger partial charge >= 0.3 is 23.1 Å². The van der Waals surface area contributed by atoms with Gasteiger partial charge in [0.15, 0.2) is 4.58 Å². The monoisotopic (exact) mass is 494 g/mol. The normalized spacial score (nSPS) is 14.2. The molecule has 1 atom stereocenters. The Morgan fingerprint density at radius 1 is 0.900 bits per heavy atom. The molecule has 0 amide bonds. The highest BCUT2D eigenvalue weighted by Gasteiger charge is 2.63. The first kappa shape index (κ1) is 28.0. The average molecular weight is 494 g/mol. The highest BCUT2D eigenvalue weighted by Crippen LogP contribution is 2.38. The van der Waals surface area contributed by atoms with Gasteiger partial charge in [-0.15, -0.1) is 0 Å². The van der Waals surface area contributed by atoms with Gasteiger partial charge in [0.25, 0.3) is 19.7 Å². The lowest BCUT2D eigenvalue weighted by atomic mass is 10.3. The van der Waals surface area contributed by atoms with E-state index in [1.807, 2.05) is 0 Å². The lowest BCUT2D eigenvalue weighted by Crippen LogP contribution is -2.46. The van der Waals surface area contributed by atoms with Gasteiger partial charge in [0.05, 0.1) is 0 Å². The van der Waals surface area contributed by atoms with E-state index in [0.717, 1.165) is 0 Å². The van der Waals surface area contributed by atoms with Crippen LogP contribution in [0.2, 0.25) is 0 Å². The minimum Gasteiger partial charge on any atom is -0.459 e. The number of rotatable bonds is 9. The second kappa shape index (κ2) is 9.84. The van der Waals surface area contributed by atoms with Crippen molar-refractivity contribution in [1.82, 2.24) is 0 Å². The molecule has 30 heavy (non-hydrogen) atoms. The molecule has 0 radical (unpaired) electrons. The Bertz CT molecular complexity index is 815. The summed E-state index contributed by atoms with van der Waals surface area (Å²) in [5.74, 6) is -0.849. The van der Waals surface area contributed by atoms with E-state index in [2.05, 4.69) is 20.8 Å². The summed E-state index contributed by atoms with van der Waals surface area (Å²) in [6, 6.07) is 0.